The van der Waals surface area contributed by atoms with Crippen molar-refractivity contribution in [2.24, 2.45) is 12.5 Å². The first kappa shape index (κ1) is 12.9. The summed E-state index contributed by atoms with van der Waals surface area (Å²) in [4.78, 5) is 4.24. The van der Waals surface area contributed by atoms with Gasteiger partial charge in [0.25, 0.3) is 0 Å². The fourth-order valence-corrected chi connectivity index (χ4v) is 3.77. The molecular weight excluding hydrogens is 232 g/mol. The van der Waals surface area contributed by atoms with Crippen molar-refractivity contribution in [1.82, 2.24) is 20.1 Å². The molecule has 1 unspecified atom stereocenters. The number of nitrogens with one attached hydrogen (secondary N) is 1. The Morgan fingerprint density at radius 3 is 3.06 bits per heavy atom. The second-order valence-electron chi connectivity index (χ2n) is 5.40. The van der Waals surface area contributed by atoms with E-state index < -0.39 is 0 Å². The molecule has 0 amide bonds. The number of nitrogens with zero attached hydrogens (tertiary/aromatic N) is 3. The quantitative estimate of drug-likeness (QED) is 0.884. The first-order valence-corrected chi connectivity index (χ1v) is 7.39. The molecule has 4 nitrogen and oxygen atoms in total. The third-order valence-corrected chi connectivity index (χ3v) is 4.57. The lowest BCUT2D eigenvalue weighted by Crippen LogP contribution is -2.47. The number of aromatic nitrogens is 3. The van der Waals surface area contributed by atoms with Crippen LogP contribution < -0.4 is 5.32 Å². The third-order valence-electron chi connectivity index (χ3n) is 3.50. The van der Waals surface area contributed by atoms with Crippen LogP contribution in [0.1, 0.15) is 26.1 Å². The number of hydrogen-bond donors (Lipinski definition) is 1. The van der Waals surface area contributed by atoms with Crippen LogP contribution in [0.15, 0.2) is 6.33 Å². The standard InChI is InChI=1S/C12H22N4S/c1-12(2)5-7-17-8-10(12)13-6-4-11-14-9-16(3)15-11/h9-10,13H,4-8H2,1-3H3. The molecule has 1 atom stereocenters. The molecule has 0 aromatic carbocycles. The van der Waals surface area contributed by atoms with E-state index in [2.05, 4.69) is 41.0 Å². The zero-order chi connectivity index (χ0) is 12.3. The highest BCUT2D eigenvalue weighted by atomic mass is 32.2. The second kappa shape index (κ2) is 5.40. The Morgan fingerprint density at radius 1 is 1.59 bits per heavy atom. The summed E-state index contributed by atoms with van der Waals surface area (Å²) in [6.07, 6.45) is 3.98. The Morgan fingerprint density at radius 2 is 2.41 bits per heavy atom. The van der Waals surface area contributed by atoms with E-state index in [-0.39, 0.29) is 0 Å². The minimum absolute atomic E-state index is 0.419. The summed E-state index contributed by atoms with van der Waals surface area (Å²) in [6, 6.07) is 0.616. The smallest absolute Gasteiger partial charge is 0.151 e. The van der Waals surface area contributed by atoms with Gasteiger partial charge in [-0.05, 0) is 17.6 Å². The van der Waals surface area contributed by atoms with E-state index in [1.54, 1.807) is 11.0 Å². The summed E-state index contributed by atoms with van der Waals surface area (Å²) in [5.41, 5.74) is 0.419. The monoisotopic (exact) mass is 254 g/mol. The molecule has 0 saturated carbocycles. The van der Waals surface area contributed by atoms with Gasteiger partial charge in [0.05, 0.1) is 0 Å². The lowest BCUT2D eigenvalue weighted by Gasteiger charge is -2.38. The highest BCUT2D eigenvalue weighted by molar-refractivity contribution is 7.99. The number of thioether (sulfide) groups is 1. The van der Waals surface area contributed by atoms with Crippen LogP contribution in [0.2, 0.25) is 0 Å². The first-order chi connectivity index (χ1) is 8.08. The maximum absolute atomic E-state index is 4.29. The molecule has 0 bridgehead atoms. The SMILES string of the molecule is Cn1cnc(CCNC2CSCCC2(C)C)n1. The Hall–Kier alpha value is -0.550. The zero-order valence-electron chi connectivity index (χ0n) is 10.9. The third kappa shape index (κ3) is 3.45. The van der Waals surface area contributed by atoms with E-state index in [0.717, 1.165) is 18.8 Å². The summed E-state index contributed by atoms with van der Waals surface area (Å²) in [5, 5.41) is 7.95. The topological polar surface area (TPSA) is 42.7 Å². The van der Waals surface area contributed by atoms with Gasteiger partial charge in [-0.2, -0.15) is 16.9 Å². The van der Waals surface area contributed by atoms with Gasteiger partial charge in [-0.3, -0.25) is 4.68 Å². The molecule has 1 aromatic rings. The maximum Gasteiger partial charge on any atom is 0.151 e. The summed E-state index contributed by atoms with van der Waals surface area (Å²) in [5.74, 6) is 3.46. The van der Waals surface area contributed by atoms with Crippen LogP contribution in [0.25, 0.3) is 0 Å². The van der Waals surface area contributed by atoms with Crippen LogP contribution >= 0.6 is 11.8 Å². The molecule has 1 saturated heterocycles. The van der Waals surface area contributed by atoms with Crippen molar-refractivity contribution >= 4 is 11.8 Å². The van der Waals surface area contributed by atoms with Crippen molar-refractivity contribution in [2.75, 3.05) is 18.1 Å². The van der Waals surface area contributed by atoms with Crippen molar-refractivity contribution in [3.8, 4) is 0 Å². The normalized spacial score (nSPS) is 23.8. The van der Waals surface area contributed by atoms with Gasteiger partial charge in [-0.1, -0.05) is 13.8 Å². The summed E-state index contributed by atoms with van der Waals surface area (Å²) >= 11 is 2.06. The van der Waals surface area contributed by atoms with E-state index in [1.165, 1.54) is 17.9 Å². The molecule has 1 aliphatic rings. The molecule has 0 aliphatic carbocycles. The highest BCUT2D eigenvalue weighted by Gasteiger charge is 2.31. The van der Waals surface area contributed by atoms with E-state index >= 15 is 0 Å². The molecule has 17 heavy (non-hydrogen) atoms. The minimum Gasteiger partial charge on any atom is -0.312 e. The molecular formula is C12H22N4S. The molecule has 0 radical (unpaired) electrons. The van der Waals surface area contributed by atoms with Crippen LogP contribution in [0.3, 0.4) is 0 Å². The van der Waals surface area contributed by atoms with Gasteiger partial charge in [0.15, 0.2) is 5.82 Å². The van der Waals surface area contributed by atoms with Crippen LogP contribution in [-0.4, -0.2) is 38.9 Å². The number of hydrogen-bond acceptors (Lipinski definition) is 4. The lowest BCUT2D eigenvalue weighted by atomic mass is 9.82. The van der Waals surface area contributed by atoms with E-state index in [0.29, 0.717) is 11.5 Å². The van der Waals surface area contributed by atoms with Crippen LogP contribution in [0.5, 0.6) is 0 Å². The molecule has 1 aromatic heterocycles. The van der Waals surface area contributed by atoms with Gasteiger partial charge in [-0.25, -0.2) is 4.98 Å². The van der Waals surface area contributed by atoms with Crippen molar-refractivity contribution < 1.29 is 0 Å². The zero-order valence-corrected chi connectivity index (χ0v) is 11.8. The molecule has 2 heterocycles. The Balaban J connectivity index is 1.77. The van der Waals surface area contributed by atoms with Crippen molar-refractivity contribution in [3.05, 3.63) is 12.2 Å². The molecule has 1 fully saturated rings. The molecule has 1 aliphatic heterocycles. The first-order valence-electron chi connectivity index (χ1n) is 6.23. The largest absolute Gasteiger partial charge is 0.312 e. The lowest BCUT2D eigenvalue weighted by molar-refractivity contribution is 0.247. The van der Waals surface area contributed by atoms with Gasteiger partial charge in [0, 0.05) is 31.8 Å². The van der Waals surface area contributed by atoms with E-state index in [4.69, 9.17) is 0 Å². The van der Waals surface area contributed by atoms with Gasteiger partial charge < -0.3 is 5.32 Å². The Kier molecular flexibility index (Phi) is 4.09. The fraction of sp³-hybridized carbons (Fsp3) is 0.833. The van der Waals surface area contributed by atoms with Crippen LogP contribution in [0.4, 0.5) is 0 Å². The van der Waals surface area contributed by atoms with E-state index in [1.807, 2.05) is 7.05 Å². The minimum atomic E-state index is 0.419. The maximum atomic E-state index is 4.29. The summed E-state index contributed by atoms with van der Waals surface area (Å²) in [7, 11) is 1.91. The average Bonchev–Trinajstić information content (AvgIpc) is 2.67. The van der Waals surface area contributed by atoms with Crippen molar-refractivity contribution in [1.29, 1.82) is 0 Å². The predicted molar refractivity (Wildman–Crippen MR) is 72.2 cm³/mol. The van der Waals surface area contributed by atoms with Crippen LogP contribution in [-0.2, 0) is 13.5 Å². The fourth-order valence-electron chi connectivity index (χ4n) is 2.13. The van der Waals surface area contributed by atoms with Gasteiger partial charge in [0.1, 0.15) is 6.33 Å². The Bertz CT molecular complexity index is 361. The van der Waals surface area contributed by atoms with Gasteiger partial charge >= 0.3 is 0 Å². The van der Waals surface area contributed by atoms with Crippen LogP contribution in [0, 0.1) is 5.41 Å². The summed E-state index contributed by atoms with van der Waals surface area (Å²) in [6.45, 7) is 5.70. The van der Waals surface area contributed by atoms with Crippen molar-refractivity contribution in [3.63, 3.8) is 0 Å². The Labute approximate surface area is 108 Å². The highest BCUT2D eigenvalue weighted by Crippen LogP contribution is 2.33. The molecule has 1 N–H and O–H groups in total. The number of aryl methyl sites for hydroxylation is 1. The second-order valence-corrected chi connectivity index (χ2v) is 6.55. The predicted octanol–water partition coefficient (Wildman–Crippen LogP) is 1.48. The van der Waals surface area contributed by atoms with E-state index in [9.17, 15) is 0 Å². The van der Waals surface area contributed by atoms with Crippen molar-refractivity contribution in [2.45, 2.75) is 32.7 Å². The molecule has 5 heteroatoms. The summed E-state index contributed by atoms with van der Waals surface area (Å²) < 4.78 is 1.76. The molecule has 0 spiro atoms. The molecule has 2 rings (SSSR count). The molecule has 96 valence electrons. The van der Waals surface area contributed by atoms with Gasteiger partial charge in [-0.15, -0.1) is 0 Å². The van der Waals surface area contributed by atoms with Gasteiger partial charge in [0.2, 0.25) is 0 Å². The average molecular weight is 254 g/mol. The number of rotatable bonds is 4.